The van der Waals surface area contributed by atoms with Crippen molar-refractivity contribution >= 4 is 11.4 Å². The van der Waals surface area contributed by atoms with E-state index in [2.05, 4.69) is 10.4 Å². The number of nitrogens with zero attached hydrogens (tertiary/aromatic N) is 3. The molecule has 0 saturated carbocycles. The Bertz CT molecular complexity index is 619. The van der Waals surface area contributed by atoms with Crippen LogP contribution < -0.4 is 5.32 Å². The van der Waals surface area contributed by atoms with Gasteiger partial charge in [0.25, 0.3) is 5.69 Å². The van der Waals surface area contributed by atoms with Crippen LogP contribution in [0, 0.1) is 24.0 Å². The number of hydrogen-bond acceptors (Lipinski definition) is 4. The molecule has 2 aromatic rings. The first-order valence-corrected chi connectivity index (χ1v) is 6.08. The van der Waals surface area contributed by atoms with Gasteiger partial charge in [0.15, 0.2) is 0 Å². The van der Waals surface area contributed by atoms with Crippen LogP contribution in [0.4, 0.5) is 11.4 Å². The van der Waals surface area contributed by atoms with Crippen molar-refractivity contribution in [3.63, 3.8) is 0 Å². The van der Waals surface area contributed by atoms with Crippen molar-refractivity contribution in [3.05, 3.63) is 45.8 Å². The van der Waals surface area contributed by atoms with Crippen LogP contribution in [0.1, 0.15) is 18.3 Å². The van der Waals surface area contributed by atoms with Crippen LogP contribution in [0.2, 0.25) is 0 Å². The molecule has 19 heavy (non-hydrogen) atoms. The molecule has 0 spiro atoms. The molecule has 6 heteroatoms. The van der Waals surface area contributed by atoms with Crippen molar-refractivity contribution in [3.8, 4) is 5.69 Å². The number of hydrogen-bond donors (Lipinski definition) is 1. The van der Waals surface area contributed by atoms with Crippen LogP contribution in [-0.4, -0.2) is 21.2 Å². The Morgan fingerprint density at radius 2 is 2.05 bits per heavy atom. The molecule has 1 aromatic carbocycles. The molecule has 0 aliphatic heterocycles. The summed E-state index contributed by atoms with van der Waals surface area (Å²) in [6.07, 6.45) is 0. The van der Waals surface area contributed by atoms with E-state index in [9.17, 15) is 10.1 Å². The van der Waals surface area contributed by atoms with E-state index in [1.807, 2.05) is 32.9 Å². The highest BCUT2D eigenvalue weighted by Gasteiger charge is 2.12. The third-order valence-electron chi connectivity index (χ3n) is 2.75. The number of aryl methyl sites for hydroxylation is 2. The maximum absolute atomic E-state index is 11.0. The molecule has 1 N–H and O–H groups in total. The highest BCUT2D eigenvalue weighted by Crippen LogP contribution is 2.24. The Labute approximate surface area is 111 Å². The quantitative estimate of drug-likeness (QED) is 0.677. The standard InChI is InChI=1S/C13H16N4O2/c1-4-14-11-6-12(8-13(7-11)17(18)19)16-10(3)5-9(2)15-16/h5-8,14H,4H2,1-3H3. The topological polar surface area (TPSA) is 73.0 Å². The summed E-state index contributed by atoms with van der Waals surface area (Å²) in [5.41, 5.74) is 3.30. The monoisotopic (exact) mass is 260 g/mol. The number of nitro benzene ring substituents is 1. The SMILES string of the molecule is CCNc1cc(-n2nc(C)cc2C)cc([N+](=O)[O-])c1. The van der Waals surface area contributed by atoms with Gasteiger partial charge in [0.1, 0.15) is 0 Å². The molecular formula is C13H16N4O2. The van der Waals surface area contributed by atoms with Crippen molar-refractivity contribution in [1.29, 1.82) is 0 Å². The number of nitrogens with one attached hydrogen (secondary N) is 1. The number of nitro groups is 1. The van der Waals surface area contributed by atoms with Gasteiger partial charge in [0.2, 0.25) is 0 Å². The minimum atomic E-state index is -0.393. The molecule has 0 unspecified atom stereocenters. The van der Waals surface area contributed by atoms with Crippen LogP contribution in [0.15, 0.2) is 24.3 Å². The van der Waals surface area contributed by atoms with E-state index in [-0.39, 0.29) is 5.69 Å². The Balaban J connectivity index is 2.55. The average Bonchev–Trinajstić information content (AvgIpc) is 2.68. The van der Waals surface area contributed by atoms with E-state index in [4.69, 9.17) is 0 Å². The normalized spacial score (nSPS) is 10.5. The molecule has 0 fully saturated rings. The van der Waals surface area contributed by atoms with Gasteiger partial charge >= 0.3 is 0 Å². The van der Waals surface area contributed by atoms with Crippen LogP contribution in [0.3, 0.4) is 0 Å². The van der Waals surface area contributed by atoms with E-state index >= 15 is 0 Å². The van der Waals surface area contributed by atoms with Gasteiger partial charge in [0, 0.05) is 30.1 Å². The fourth-order valence-corrected chi connectivity index (χ4v) is 2.02. The first-order chi connectivity index (χ1) is 9.01. The van der Waals surface area contributed by atoms with Gasteiger partial charge in [-0.1, -0.05) is 0 Å². The van der Waals surface area contributed by atoms with Crippen LogP contribution >= 0.6 is 0 Å². The minimum absolute atomic E-state index is 0.0565. The number of rotatable bonds is 4. The van der Waals surface area contributed by atoms with Gasteiger partial charge in [-0.3, -0.25) is 10.1 Å². The number of benzene rings is 1. The summed E-state index contributed by atoms with van der Waals surface area (Å²) in [6.45, 7) is 6.47. The van der Waals surface area contributed by atoms with E-state index < -0.39 is 4.92 Å². The zero-order chi connectivity index (χ0) is 14.0. The second kappa shape index (κ2) is 5.09. The molecule has 0 atom stereocenters. The fraction of sp³-hybridized carbons (Fsp3) is 0.308. The number of non-ortho nitro benzene ring substituents is 1. The highest BCUT2D eigenvalue weighted by molar-refractivity contribution is 5.59. The van der Waals surface area contributed by atoms with Gasteiger partial charge in [-0.15, -0.1) is 0 Å². The summed E-state index contributed by atoms with van der Waals surface area (Å²) >= 11 is 0. The summed E-state index contributed by atoms with van der Waals surface area (Å²) in [5, 5.41) is 18.4. The minimum Gasteiger partial charge on any atom is -0.385 e. The summed E-state index contributed by atoms with van der Waals surface area (Å²) < 4.78 is 1.71. The van der Waals surface area contributed by atoms with Crippen molar-refractivity contribution in [1.82, 2.24) is 9.78 Å². The molecule has 0 bridgehead atoms. The Kier molecular flexibility index (Phi) is 3.50. The molecule has 0 amide bonds. The largest absolute Gasteiger partial charge is 0.385 e. The summed E-state index contributed by atoms with van der Waals surface area (Å²) in [5.74, 6) is 0. The van der Waals surface area contributed by atoms with Crippen LogP contribution in [0.5, 0.6) is 0 Å². The Hall–Kier alpha value is -2.37. The molecular weight excluding hydrogens is 244 g/mol. The summed E-state index contributed by atoms with van der Waals surface area (Å²) in [4.78, 5) is 10.6. The van der Waals surface area contributed by atoms with Crippen molar-refractivity contribution in [2.24, 2.45) is 0 Å². The van der Waals surface area contributed by atoms with Gasteiger partial charge in [-0.05, 0) is 32.9 Å². The lowest BCUT2D eigenvalue weighted by Gasteiger charge is -2.08. The third-order valence-corrected chi connectivity index (χ3v) is 2.75. The summed E-state index contributed by atoms with van der Waals surface area (Å²) in [6, 6.07) is 6.85. The van der Waals surface area contributed by atoms with Crippen molar-refractivity contribution < 1.29 is 4.92 Å². The molecule has 0 saturated heterocycles. The summed E-state index contributed by atoms with van der Waals surface area (Å²) in [7, 11) is 0. The third kappa shape index (κ3) is 2.73. The predicted molar refractivity (Wildman–Crippen MR) is 73.9 cm³/mol. The van der Waals surface area contributed by atoms with E-state index in [0.717, 1.165) is 17.1 Å². The number of anilines is 1. The van der Waals surface area contributed by atoms with Crippen molar-refractivity contribution in [2.45, 2.75) is 20.8 Å². The molecule has 0 aliphatic rings. The molecule has 0 aliphatic carbocycles. The predicted octanol–water partition coefficient (Wildman–Crippen LogP) is 2.83. The molecule has 100 valence electrons. The second-order valence-electron chi connectivity index (χ2n) is 4.36. The zero-order valence-corrected chi connectivity index (χ0v) is 11.2. The number of aromatic nitrogens is 2. The van der Waals surface area contributed by atoms with E-state index in [0.29, 0.717) is 12.2 Å². The van der Waals surface area contributed by atoms with E-state index in [1.54, 1.807) is 4.68 Å². The van der Waals surface area contributed by atoms with Crippen molar-refractivity contribution in [2.75, 3.05) is 11.9 Å². The lowest BCUT2D eigenvalue weighted by Crippen LogP contribution is -2.03. The smallest absolute Gasteiger partial charge is 0.273 e. The van der Waals surface area contributed by atoms with Crippen LogP contribution in [-0.2, 0) is 0 Å². The van der Waals surface area contributed by atoms with Gasteiger partial charge in [-0.2, -0.15) is 5.10 Å². The highest BCUT2D eigenvalue weighted by atomic mass is 16.6. The first kappa shape index (κ1) is 13.1. The Morgan fingerprint density at radius 3 is 2.58 bits per heavy atom. The lowest BCUT2D eigenvalue weighted by molar-refractivity contribution is -0.384. The molecule has 6 nitrogen and oxygen atoms in total. The first-order valence-electron chi connectivity index (χ1n) is 6.08. The lowest BCUT2D eigenvalue weighted by atomic mass is 10.2. The van der Waals surface area contributed by atoms with Gasteiger partial charge < -0.3 is 5.32 Å². The second-order valence-corrected chi connectivity index (χ2v) is 4.36. The Morgan fingerprint density at radius 1 is 1.32 bits per heavy atom. The molecule has 2 rings (SSSR count). The van der Waals surface area contributed by atoms with Crippen LogP contribution in [0.25, 0.3) is 5.69 Å². The van der Waals surface area contributed by atoms with Gasteiger partial charge in [0.05, 0.1) is 16.3 Å². The fourth-order valence-electron chi connectivity index (χ4n) is 2.02. The molecule has 1 heterocycles. The zero-order valence-electron chi connectivity index (χ0n) is 11.2. The molecule has 1 aromatic heterocycles. The maximum atomic E-state index is 11.0. The maximum Gasteiger partial charge on any atom is 0.273 e. The molecule has 0 radical (unpaired) electrons. The van der Waals surface area contributed by atoms with E-state index in [1.165, 1.54) is 12.1 Å². The average molecular weight is 260 g/mol. The van der Waals surface area contributed by atoms with Gasteiger partial charge in [-0.25, -0.2) is 4.68 Å².